The number of methoxy groups -OCH3 is 1. The maximum absolute atomic E-state index is 12.9. The highest BCUT2D eigenvalue weighted by Gasteiger charge is 2.37. The van der Waals surface area contributed by atoms with E-state index in [9.17, 15) is 13.2 Å². The minimum absolute atomic E-state index is 0.0309. The Balaban J connectivity index is 1.98. The average Bonchev–Trinajstić information content (AvgIpc) is 2.76. The van der Waals surface area contributed by atoms with Crippen LogP contribution in [0.4, 0.5) is 11.4 Å². The number of aryl methyl sites for hydroxylation is 1. The molecule has 0 bridgehead atoms. The standard InChI is InChI=1S/C21H26N2O5S/c1-6-23-16-9-8-15(12-18(16)28-13-21(3,4)20(23)24)22-29(25,26)19-11-14(2)7-10-17(19)27-5/h7-12,22H,6,13H2,1-5H3. The summed E-state index contributed by atoms with van der Waals surface area (Å²) in [6, 6.07) is 9.89. The molecule has 1 N–H and O–H groups in total. The predicted molar refractivity (Wildman–Crippen MR) is 112 cm³/mol. The molecule has 3 rings (SSSR count). The molecule has 0 fully saturated rings. The zero-order chi connectivity index (χ0) is 21.4. The van der Waals surface area contributed by atoms with Gasteiger partial charge < -0.3 is 14.4 Å². The first kappa shape index (κ1) is 21.0. The van der Waals surface area contributed by atoms with Crippen LogP contribution < -0.4 is 19.1 Å². The van der Waals surface area contributed by atoms with Crippen LogP contribution in [0.5, 0.6) is 11.5 Å². The third kappa shape index (κ3) is 4.03. The molecule has 29 heavy (non-hydrogen) atoms. The van der Waals surface area contributed by atoms with Crippen LogP contribution in [0.2, 0.25) is 0 Å². The molecular formula is C21H26N2O5S. The van der Waals surface area contributed by atoms with Gasteiger partial charge in [0.2, 0.25) is 5.91 Å². The van der Waals surface area contributed by atoms with Crippen LogP contribution in [0.1, 0.15) is 26.3 Å². The SMILES string of the molecule is CCN1C(=O)C(C)(C)COc2cc(NS(=O)(=O)c3cc(C)ccc3OC)ccc21. The molecule has 0 atom stereocenters. The summed E-state index contributed by atoms with van der Waals surface area (Å²) in [7, 11) is -2.45. The van der Waals surface area contributed by atoms with Crippen LogP contribution in [-0.2, 0) is 14.8 Å². The molecule has 1 amide bonds. The number of rotatable bonds is 5. The number of carbonyl (C=O) groups excluding carboxylic acids is 1. The molecule has 2 aromatic carbocycles. The quantitative estimate of drug-likeness (QED) is 0.802. The van der Waals surface area contributed by atoms with Crippen LogP contribution in [0.25, 0.3) is 0 Å². The van der Waals surface area contributed by atoms with Crippen molar-refractivity contribution in [2.75, 3.05) is 29.9 Å². The smallest absolute Gasteiger partial charge is 0.265 e. The highest BCUT2D eigenvalue weighted by molar-refractivity contribution is 7.92. The topological polar surface area (TPSA) is 84.9 Å². The Morgan fingerprint density at radius 2 is 1.93 bits per heavy atom. The van der Waals surface area contributed by atoms with Crippen molar-refractivity contribution in [2.45, 2.75) is 32.6 Å². The van der Waals surface area contributed by atoms with E-state index in [1.165, 1.54) is 7.11 Å². The van der Waals surface area contributed by atoms with Crippen LogP contribution in [0.3, 0.4) is 0 Å². The Morgan fingerprint density at radius 1 is 1.21 bits per heavy atom. The van der Waals surface area contributed by atoms with E-state index >= 15 is 0 Å². The van der Waals surface area contributed by atoms with Gasteiger partial charge in [0, 0.05) is 12.6 Å². The van der Waals surface area contributed by atoms with Crippen LogP contribution in [0, 0.1) is 12.3 Å². The molecule has 0 saturated heterocycles. The van der Waals surface area contributed by atoms with Crippen molar-refractivity contribution in [3.63, 3.8) is 0 Å². The minimum atomic E-state index is -3.88. The second-order valence-corrected chi connectivity index (χ2v) is 9.32. The summed E-state index contributed by atoms with van der Waals surface area (Å²) in [6.07, 6.45) is 0. The van der Waals surface area contributed by atoms with E-state index in [4.69, 9.17) is 9.47 Å². The maximum Gasteiger partial charge on any atom is 0.265 e. The first-order valence-corrected chi connectivity index (χ1v) is 10.8. The van der Waals surface area contributed by atoms with Gasteiger partial charge in [0.25, 0.3) is 10.0 Å². The molecular weight excluding hydrogens is 392 g/mol. The van der Waals surface area contributed by atoms with Gasteiger partial charge in [0.1, 0.15) is 23.0 Å². The van der Waals surface area contributed by atoms with Crippen molar-refractivity contribution in [2.24, 2.45) is 5.41 Å². The second kappa shape index (κ2) is 7.59. The van der Waals surface area contributed by atoms with E-state index in [1.54, 1.807) is 41.3 Å². The van der Waals surface area contributed by atoms with E-state index in [0.29, 0.717) is 23.7 Å². The fourth-order valence-electron chi connectivity index (χ4n) is 3.23. The van der Waals surface area contributed by atoms with Crippen LogP contribution in [-0.4, -0.2) is 34.6 Å². The fraction of sp³-hybridized carbons (Fsp3) is 0.381. The normalized spacial score (nSPS) is 15.9. The van der Waals surface area contributed by atoms with Gasteiger partial charge in [-0.2, -0.15) is 0 Å². The Hall–Kier alpha value is -2.74. The Labute approximate surface area is 171 Å². The van der Waals surface area contributed by atoms with E-state index in [1.807, 2.05) is 27.7 Å². The average molecular weight is 419 g/mol. The van der Waals surface area contributed by atoms with Gasteiger partial charge in [-0.15, -0.1) is 0 Å². The third-order valence-corrected chi connectivity index (χ3v) is 6.24. The van der Waals surface area contributed by atoms with Crippen molar-refractivity contribution in [1.29, 1.82) is 0 Å². The zero-order valence-corrected chi connectivity index (χ0v) is 18.1. The lowest BCUT2D eigenvalue weighted by Gasteiger charge is -2.26. The first-order valence-electron chi connectivity index (χ1n) is 9.35. The minimum Gasteiger partial charge on any atom is -0.495 e. The lowest BCUT2D eigenvalue weighted by molar-refractivity contribution is -0.127. The molecule has 0 aliphatic carbocycles. The number of nitrogens with zero attached hydrogens (tertiary/aromatic N) is 1. The van der Waals surface area contributed by atoms with E-state index in [0.717, 1.165) is 5.56 Å². The van der Waals surface area contributed by atoms with Gasteiger partial charge in [-0.25, -0.2) is 8.42 Å². The summed E-state index contributed by atoms with van der Waals surface area (Å²) in [6.45, 7) is 8.06. The highest BCUT2D eigenvalue weighted by atomic mass is 32.2. The van der Waals surface area contributed by atoms with Gasteiger partial charge in [-0.3, -0.25) is 9.52 Å². The number of nitrogens with one attached hydrogen (secondary N) is 1. The number of fused-ring (bicyclic) bond motifs is 1. The molecule has 2 aromatic rings. The number of sulfonamides is 1. The molecule has 8 heteroatoms. The number of benzene rings is 2. The molecule has 1 aliphatic rings. The number of carbonyl (C=O) groups is 1. The van der Waals surface area contributed by atoms with Gasteiger partial charge in [-0.1, -0.05) is 6.07 Å². The Kier molecular flexibility index (Phi) is 5.49. The fourth-order valence-corrected chi connectivity index (χ4v) is 4.53. The van der Waals surface area contributed by atoms with Gasteiger partial charge in [-0.05, 0) is 57.5 Å². The molecule has 1 heterocycles. The number of hydrogen-bond acceptors (Lipinski definition) is 5. The summed E-state index contributed by atoms with van der Waals surface area (Å²) in [4.78, 5) is 14.5. The molecule has 0 unspecified atom stereocenters. The molecule has 1 aliphatic heterocycles. The van der Waals surface area contributed by atoms with E-state index in [2.05, 4.69) is 4.72 Å². The van der Waals surface area contributed by atoms with E-state index in [-0.39, 0.29) is 23.2 Å². The molecule has 7 nitrogen and oxygen atoms in total. The van der Waals surface area contributed by atoms with Crippen LogP contribution >= 0.6 is 0 Å². The Bertz CT molecular complexity index is 1050. The number of anilines is 2. The molecule has 0 aromatic heterocycles. The summed E-state index contributed by atoms with van der Waals surface area (Å²) in [5, 5.41) is 0. The van der Waals surface area contributed by atoms with Crippen molar-refractivity contribution in [1.82, 2.24) is 0 Å². The van der Waals surface area contributed by atoms with Crippen LogP contribution in [0.15, 0.2) is 41.3 Å². The number of hydrogen-bond donors (Lipinski definition) is 1. The highest BCUT2D eigenvalue weighted by Crippen LogP contribution is 2.38. The van der Waals surface area contributed by atoms with Crippen molar-refractivity contribution >= 4 is 27.3 Å². The van der Waals surface area contributed by atoms with Crippen molar-refractivity contribution in [3.05, 3.63) is 42.0 Å². The molecule has 0 spiro atoms. The monoisotopic (exact) mass is 418 g/mol. The summed E-state index contributed by atoms with van der Waals surface area (Å²) in [5.41, 5.74) is 1.09. The van der Waals surface area contributed by atoms with E-state index < -0.39 is 15.4 Å². The van der Waals surface area contributed by atoms with Gasteiger partial charge in [0.15, 0.2) is 0 Å². The number of ether oxygens (including phenoxy) is 2. The molecule has 0 radical (unpaired) electrons. The zero-order valence-electron chi connectivity index (χ0n) is 17.3. The van der Waals surface area contributed by atoms with Gasteiger partial charge >= 0.3 is 0 Å². The summed E-state index contributed by atoms with van der Waals surface area (Å²) >= 11 is 0. The number of amides is 1. The molecule has 156 valence electrons. The first-order chi connectivity index (χ1) is 13.6. The predicted octanol–water partition coefficient (Wildman–Crippen LogP) is 3.58. The van der Waals surface area contributed by atoms with Crippen molar-refractivity contribution < 1.29 is 22.7 Å². The lowest BCUT2D eigenvalue weighted by atomic mass is 9.93. The molecule has 0 saturated carbocycles. The largest absolute Gasteiger partial charge is 0.495 e. The third-order valence-electron chi connectivity index (χ3n) is 4.84. The Morgan fingerprint density at radius 3 is 2.59 bits per heavy atom. The van der Waals surface area contributed by atoms with Crippen molar-refractivity contribution in [3.8, 4) is 11.5 Å². The van der Waals surface area contributed by atoms with Gasteiger partial charge in [0.05, 0.1) is 23.9 Å². The second-order valence-electron chi connectivity index (χ2n) is 7.66. The lowest BCUT2D eigenvalue weighted by Crippen LogP contribution is -2.42. The summed E-state index contributed by atoms with van der Waals surface area (Å²) < 4.78 is 39.6. The summed E-state index contributed by atoms with van der Waals surface area (Å²) in [5.74, 6) is 0.692. The maximum atomic E-state index is 12.9.